The van der Waals surface area contributed by atoms with Gasteiger partial charge in [-0.2, -0.15) is 13.2 Å². The van der Waals surface area contributed by atoms with E-state index < -0.39 is 28.8 Å². The monoisotopic (exact) mass is 396 g/mol. The van der Waals surface area contributed by atoms with Gasteiger partial charge in [0.15, 0.2) is 6.10 Å². The third kappa shape index (κ3) is 4.65. The number of alkyl halides is 3. The van der Waals surface area contributed by atoms with Gasteiger partial charge in [-0.25, -0.2) is 4.98 Å². The fourth-order valence-corrected chi connectivity index (χ4v) is 2.84. The quantitative estimate of drug-likeness (QED) is 0.561. The van der Waals surface area contributed by atoms with E-state index in [0.29, 0.717) is 6.20 Å². The minimum Gasteiger partial charge on any atom is -0.352 e. The number of piperazine rings is 1. The highest BCUT2D eigenvalue weighted by atomic mass is 35.5. The molecule has 12 heteroatoms. The summed E-state index contributed by atoms with van der Waals surface area (Å²) in [4.78, 5) is 33.9. The molecule has 0 saturated carbocycles. The molecule has 2 rings (SSSR count). The number of rotatable bonds is 5. The highest BCUT2D eigenvalue weighted by Crippen LogP contribution is 2.33. The fourth-order valence-electron chi connectivity index (χ4n) is 2.56. The summed E-state index contributed by atoms with van der Waals surface area (Å²) in [6.07, 6.45) is -4.86. The summed E-state index contributed by atoms with van der Waals surface area (Å²) < 4.78 is 38.0. The SMILES string of the molecule is CCC(O[N+](=O)[O-])C(=O)N1CCN(c2ncc(C(F)(F)F)cc2Cl)CC1. The van der Waals surface area contributed by atoms with Crippen molar-refractivity contribution in [2.75, 3.05) is 31.1 Å². The molecule has 2 heterocycles. The lowest BCUT2D eigenvalue weighted by Crippen LogP contribution is -2.52. The molecule has 1 atom stereocenters. The van der Waals surface area contributed by atoms with Crippen molar-refractivity contribution in [1.29, 1.82) is 0 Å². The van der Waals surface area contributed by atoms with Crippen molar-refractivity contribution in [2.45, 2.75) is 25.6 Å². The van der Waals surface area contributed by atoms with Gasteiger partial charge in [0.1, 0.15) is 5.82 Å². The van der Waals surface area contributed by atoms with Crippen molar-refractivity contribution in [3.8, 4) is 0 Å². The largest absolute Gasteiger partial charge is 0.417 e. The van der Waals surface area contributed by atoms with Crippen LogP contribution in [0.3, 0.4) is 0 Å². The molecule has 1 aromatic heterocycles. The van der Waals surface area contributed by atoms with Crippen molar-refractivity contribution in [2.24, 2.45) is 0 Å². The molecule has 1 aliphatic rings. The minimum absolute atomic E-state index is 0.136. The highest BCUT2D eigenvalue weighted by molar-refractivity contribution is 6.33. The summed E-state index contributed by atoms with van der Waals surface area (Å²) in [5, 5.41) is 9.29. The molecule has 1 fully saturated rings. The number of carbonyl (C=O) groups excluding carboxylic acids is 1. The van der Waals surface area contributed by atoms with Crippen molar-refractivity contribution in [1.82, 2.24) is 9.88 Å². The van der Waals surface area contributed by atoms with Gasteiger partial charge in [-0.15, -0.1) is 10.1 Å². The fraction of sp³-hybridized carbons (Fsp3) is 0.571. The molecule has 0 N–H and O–H groups in total. The smallest absolute Gasteiger partial charge is 0.352 e. The predicted octanol–water partition coefficient (Wildman–Crippen LogP) is 2.39. The summed E-state index contributed by atoms with van der Waals surface area (Å²) in [7, 11) is 0. The highest BCUT2D eigenvalue weighted by Gasteiger charge is 2.33. The summed E-state index contributed by atoms with van der Waals surface area (Å²) >= 11 is 5.92. The first-order valence-electron chi connectivity index (χ1n) is 7.71. The maximum Gasteiger partial charge on any atom is 0.417 e. The summed E-state index contributed by atoms with van der Waals surface area (Å²) in [5.41, 5.74) is -0.942. The molecule has 1 aliphatic heterocycles. The van der Waals surface area contributed by atoms with Gasteiger partial charge < -0.3 is 14.6 Å². The number of halogens is 4. The van der Waals surface area contributed by atoms with Gasteiger partial charge in [-0.3, -0.25) is 4.79 Å². The predicted molar refractivity (Wildman–Crippen MR) is 85.2 cm³/mol. The molecular formula is C14H16ClF3N4O4. The van der Waals surface area contributed by atoms with Crippen LogP contribution < -0.4 is 4.90 Å². The lowest BCUT2D eigenvalue weighted by atomic mass is 10.2. The molecule has 1 saturated heterocycles. The van der Waals surface area contributed by atoms with E-state index in [-0.39, 0.29) is 43.4 Å². The van der Waals surface area contributed by atoms with Crippen LogP contribution in [0.15, 0.2) is 12.3 Å². The third-order valence-corrected chi connectivity index (χ3v) is 4.18. The molecule has 8 nitrogen and oxygen atoms in total. The van der Waals surface area contributed by atoms with Crippen LogP contribution in [0.1, 0.15) is 18.9 Å². The van der Waals surface area contributed by atoms with E-state index in [0.717, 1.165) is 6.07 Å². The average molecular weight is 397 g/mol. The molecule has 1 unspecified atom stereocenters. The van der Waals surface area contributed by atoms with Crippen molar-refractivity contribution >= 4 is 23.3 Å². The molecular weight excluding hydrogens is 381 g/mol. The Balaban J connectivity index is 2.02. The zero-order valence-electron chi connectivity index (χ0n) is 13.7. The van der Waals surface area contributed by atoms with E-state index >= 15 is 0 Å². The second-order valence-corrected chi connectivity index (χ2v) is 5.97. The Bertz CT molecular complexity index is 681. The van der Waals surface area contributed by atoms with Crippen molar-refractivity contribution in [3.63, 3.8) is 0 Å². The van der Waals surface area contributed by atoms with Gasteiger partial charge in [0.25, 0.3) is 11.0 Å². The molecule has 144 valence electrons. The van der Waals surface area contributed by atoms with Gasteiger partial charge >= 0.3 is 6.18 Å². The third-order valence-electron chi connectivity index (χ3n) is 3.90. The molecule has 0 bridgehead atoms. The number of nitrogens with zero attached hydrogens (tertiary/aromatic N) is 4. The topological polar surface area (TPSA) is 88.8 Å². The van der Waals surface area contributed by atoms with Gasteiger partial charge in [-0.05, 0) is 12.5 Å². The zero-order valence-corrected chi connectivity index (χ0v) is 14.5. The Morgan fingerprint density at radius 1 is 1.42 bits per heavy atom. The summed E-state index contributed by atoms with van der Waals surface area (Å²) in [6.45, 7) is 2.58. The van der Waals surface area contributed by atoms with E-state index in [9.17, 15) is 28.1 Å². The van der Waals surface area contributed by atoms with Crippen LogP contribution >= 0.6 is 11.6 Å². The normalized spacial score (nSPS) is 16.3. The number of aromatic nitrogens is 1. The van der Waals surface area contributed by atoms with Gasteiger partial charge in [0.2, 0.25) is 0 Å². The van der Waals surface area contributed by atoms with Crippen LogP contribution in [0.25, 0.3) is 0 Å². The van der Waals surface area contributed by atoms with Crippen molar-refractivity contribution in [3.05, 3.63) is 33.0 Å². The Kier molecular flexibility index (Phi) is 6.11. The van der Waals surface area contributed by atoms with Gasteiger partial charge in [-0.1, -0.05) is 18.5 Å². The number of amides is 1. The molecule has 0 aromatic carbocycles. The molecule has 1 amide bonds. The van der Waals surface area contributed by atoms with Gasteiger partial charge in [0, 0.05) is 32.4 Å². The lowest BCUT2D eigenvalue weighted by molar-refractivity contribution is -0.764. The van der Waals surface area contributed by atoms with Gasteiger partial charge in [0.05, 0.1) is 10.6 Å². The number of pyridine rings is 1. The van der Waals surface area contributed by atoms with Crippen LogP contribution in [0.4, 0.5) is 19.0 Å². The zero-order chi connectivity index (χ0) is 19.5. The summed E-state index contributed by atoms with van der Waals surface area (Å²) in [6, 6.07) is 0.805. The Morgan fingerprint density at radius 2 is 2.04 bits per heavy atom. The van der Waals surface area contributed by atoms with E-state index in [1.165, 1.54) is 4.90 Å². The standard InChI is InChI=1S/C14H16ClF3N4O4/c1-2-11(26-22(24)25)13(23)21-5-3-20(4-6-21)12-10(15)7-9(8-19-12)14(16,17)18/h7-8,11H,2-6H2,1H3. The molecule has 0 radical (unpaired) electrons. The Labute approximate surface area is 151 Å². The number of hydrogen-bond acceptors (Lipinski definition) is 6. The minimum atomic E-state index is -4.54. The summed E-state index contributed by atoms with van der Waals surface area (Å²) in [5.74, 6) is -0.310. The molecule has 0 spiro atoms. The number of hydrogen-bond donors (Lipinski definition) is 0. The molecule has 0 aliphatic carbocycles. The van der Waals surface area contributed by atoms with Crippen LogP contribution in [0.5, 0.6) is 0 Å². The van der Waals surface area contributed by atoms with E-state index in [1.54, 1.807) is 11.8 Å². The molecule has 1 aromatic rings. The maximum atomic E-state index is 12.7. The first kappa shape index (κ1) is 20.0. The van der Waals surface area contributed by atoms with Crippen molar-refractivity contribution < 1.29 is 27.9 Å². The number of anilines is 1. The molecule has 26 heavy (non-hydrogen) atoms. The second-order valence-electron chi connectivity index (χ2n) is 5.57. The second kappa shape index (κ2) is 7.94. The Hall–Kier alpha value is -2.30. The van der Waals surface area contributed by atoms with E-state index in [2.05, 4.69) is 9.82 Å². The van der Waals surface area contributed by atoms with Crippen LogP contribution in [0, 0.1) is 10.1 Å². The maximum absolute atomic E-state index is 12.7. The van der Waals surface area contributed by atoms with Crippen LogP contribution in [-0.4, -0.2) is 53.2 Å². The Morgan fingerprint density at radius 3 is 2.50 bits per heavy atom. The lowest BCUT2D eigenvalue weighted by Gasteiger charge is -2.36. The van der Waals surface area contributed by atoms with Crippen LogP contribution in [-0.2, 0) is 15.8 Å². The number of carbonyl (C=O) groups is 1. The van der Waals surface area contributed by atoms with Crippen LogP contribution in [0.2, 0.25) is 5.02 Å². The first-order chi connectivity index (χ1) is 12.1. The van der Waals surface area contributed by atoms with E-state index in [1.807, 2.05) is 0 Å². The van der Waals surface area contributed by atoms with E-state index in [4.69, 9.17) is 11.6 Å². The first-order valence-corrected chi connectivity index (χ1v) is 8.09. The average Bonchev–Trinajstić information content (AvgIpc) is 2.58.